The van der Waals surface area contributed by atoms with Gasteiger partial charge in [0.15, 0.2) is 0 Å². The number of amides is 1. The van der Waals surface area contributed by atoms with Crippen LogP contribution in [-0.2, 0) is 11.2 Å². The van der Waals surface area contributed by atoms with Gasteiger partial charge in [-0.2, -0.15) is 0 Å². The maximum atomic E-state index is 12.9. The largest absolute Gasteiger partial charge is 0.382 e. The van der Waals surface area contributed by atoms with E-state index in [1.807, 2.05) is 0 Å². The molecule has 116 valence electrons. The minimum Gasteiger partial charge on any atom is -0.382 e. The zero-order valence-corrected chi connectivity index (χ0v) is 12.3. The Balaban J connectivity index is 1.94. The molecule has 21 heavy (non-hydrogen) atoms. The van der Waals surface area contributed by atoms with Crippen molar-refractivity contribution in [1.29, 1.82) is 0 Å². The summed E-state index contributed by atoms with van der Waals surface area (Å²) in [6, 6.07) is 5.93. The van der Waals surface area contributed by atoms with E-state index in [1.54, 1.807) is 24.0 Å². The first-order valence-electron chi connectivity index (χ1n) is 7.44. The Morgan fingerprint density at radius 2 is 2.14 bits per heavy atom. The van der Waals surface area contributed by atoms with Gasteiger partial charge in [-0.1, -0.05) is 12.1 Å². The number of piperidine rings is 1. The van der Waals surface area contributed by atoms with E-state index in [-0.39, 0.29) is 11.7 Å². The zero-order valence-electron chi connectivity index (χ0n) is 12.3. The molecule has 0 spiro atoms. The predicted octanol–water partition coefficient (Wildman–Crippen LogP) is 1.31. The molecule has 5 heteroatoms. The van der Waals surface area contributed by atoms with Crippen LogP contribution in [-0.4, -0.2) is 41.1 Å². The van der Waals surface area contributed by atoms with Crippen molar-refractivity contribution in [3.05, 3.63) is 35.6 Å². The lowest BCUT2D eigenvalue weighted by molar-refractivity contribution is -0.142. The van der Waals surface area contributed by atoms with E-state index >= 15 is 0 Å². The number of aliphatic hydroxyl groups is 1. The minimum atomic E-state index is -1.13. The summed E-state index contributed by atoms with van der Waals surface area (Å²) in [4.78, 5) is 13.8. The van der Waals surface area contributed by atoms with Crippen LogP contribution in [0.3, 0.4) is 0 Å². The average Bonchev–Trinajstić information content (AvgIpc) is 2.48. The molecule has 1 heterocycles. The van der Waals surface area contributed by atoms with Gasteiger partial charge >= 0.3 is 0 Å². The van der Waals surface area contributed by atoms with Gasteiger partial charge in [-0.25, -0.2) is 4.39 Å². The van der Waals surface area contributed by atoms with Gasteiger partial charge < -0.3 is 15.7 Å². The molecule has 0 saturated carbocycles. The van der Waals surface area contributed by atoms with Crippen LogP contribution < -0.4 is 5.73 Å². The molecule has 4 nitrogen and oxygen atoms in total. The second kappa shape index (κ2) is 7.00. The van der Waals surface area contributed by atoms with Gasteiger partial charge in [0.05, 0.1) is 0 Å². The third-order valence-electron chi connectivity index (χ3n) is 4.02. The van der Waals surface area contributed by atoms with E-state index in [0.717, 1.165) is 24.8 Å². The maximum Gasteiger partial charge on any atom is 0.253 e. The number of halogens is 1. The number of aliphatic hydroxyl groups excluding tert-OH is 1. The van der Waals surface area contributed by atoms with Crippen LogP contribution in [0.15, 0.2) is 24.3 Å². The van der Waals surface area contributed by atoms with Gasteiger partial charge in [0, 0.05) is 19.1 Å². The Bertz CT molecular complexity index is 476. The minimum absolute atomic E-state index is 0.237. The Hall–Kier alpha value is -1.46. The van der Waals surface area contributed by atoms with Crippen molar-refractivity contribution in [2.75, 3.05) is 13.1 Å². The molecular formula is C16H23FN2O2. The highest BCUT2D eigenvalue weighted by atomic mass is 19.1. The number of hydrogen-bond donors (Lipinski definition) is 2. The molecule has 0 radical (unpaired) electrons. The highest BCUT2D eigenvalue weighted by molar-refractivity contribution is 5.81. The normalized spacial score (nSPS) is 21.9. The van der Waals surface area contributed by atoms with Gasteiger partial charge in [-0.3, -0.25) is 4.79 Å². The number of likely N-dealkylation sites (tertiary alicyclic amines) is 1. The fraction of sp³-hybridized carbons (Fsp3) is 0.562. The van der Waals surface area contributed by atoms with E-state index in [4.69, 9.17) is 5.73 Å². The van der Waals surface area contributed by atoms with Crippen LogP contribution in [0.2, 0.25) is 0 Å². The van der Waals surface area contributed by atoms with E-state index in [2.05, 4.69) is 0 Å². The zero-order chi connectivity index (χ0) is 15.4. The second-order valence-corrected chi connectivity index (χ2v) is 5.93. The Morgan fingerprint density at radius 1 is 1.48 bits per heavy atom. The van der Waals surface area contributed by atoms with Crippen LogP contribution in [0, 0.1) is 11.7 Å². The summed E-state index contributed by atoms with van der Waals surface area (Å²) in [5.74, 6) is -0.179. The summed E-state index contributed by atoms with van der Waals surface area (Å²) in [5.41, 5.74) is 6.66. The summed E-state index contributed by atoms with van der Waals surface area (Å²) in [5, 5.41) is 9.80. The molecule has 3 N–H and O–H groups in total. The molecule has 0 unspecified atom stereocenters. The number of hydrogen-bond acceptors (Lipinski definition) is 3. The van der Waals surface area contributed by atoms with E-state index in [1.165, 1.54) is 12.1 Å². The van der Waals surface area contributed by atoms with E-state index < -0.39 is 12.1 Å². The van der Waals surface area contributed by atoms with E-state index in [9.17, 15) is 14.3 Å². The summed E-state index contributed by atoms with van der Waals surface area (Å²) < 4.78 is 12.9. The molecule has 1 amide bonds. The lowest BCUT2D eigenvalue weighted by Gasteiger charge is -2.34. The first-order valence-corrected chi connectivity index (χ1v) is 7.44. The van der Waals surface area contributed by atoms with Crippen molar-refractivity contribution < 1.29 is 14.3 Å². The Labute approximate surface area is 124 Å². The van der Waals surface area contributed by atoms with E-state index in [0.29, 0.717) is 19.0 Å². The SMILES string of the molecule is C[C@@H](N)[C@@H](O)C(=O)N1CCC[C@@H](Cc2ccc(F)cc2)C1. The molecule has 1 aromatic rings. The number of rotatable bonds is 4. The van der Waals surface area contributed by atoms with Gasteiger partial charge in [-0.05, 0) is 49.8 Å². The molecule has 0 aromatic heterocycles. The number of carbonyl (C=O) groups excluding carboxylic acids is 1. The molecule has 2 rings (SSSR count). The van der Waals surface area contributed by atoms with Crippen LogP contribution >= 0.6 is 0 Å². The fourth-order valence-corrected chi connectivity index (χ4v) is 2.80. The van der Waals surface area contributed by atoms with Crippen molar-refractivity contribution in [3.63, 3.8) is 0 Å². The number of carbonyl (C=O) groups is 1. The number of nitrogens with zero attached hydrogens (tertiary/aromatic N) is 1. The quantitative estimate of drug-likeness (QED) is 0.880. The lowest BCUT2D eigenvalue weighted by Crippen LogP contribution is -2.50. The maximum absolute atomic E-state index is 12.9. The Kier molecular flexibility index (Phi) is 5.31. The highest BCUT2D eigenvalue weighted by Gasteiger charge is 2.29. The van der Waals surface area contributed by atoms with Crippen LogP contribution in [0.5, 0.6) is 0 Å². The molecule has 1 saturated heterocycles. The molecule has 1 aliphatic rings. The summed E-state index contributed by atoms with van der Waals surface area (Å²) in [6.45, 7) is 2.92. The van der Waals surface area contributed by atoms with Gasteiger partial charge in [0.2, 0.25) is 0 Å². The molecule has 0 aliphatic carbocycles. The highest BCUT2D eigenvalue weighted by Crippen LogP contribution is 2.21. The molecule has 1 aliphatic heterocycles. The molecule has 0 bridgehead atoms. The van der Waals surface area contributed by atoms with Gasteiger partial charge in [0.1, 0.15) is 11.9 Å². The van der Waals surface area contributed by atoms with Crippen molar-refractivity contribution in [1.82, 2.24) is 4.90 Å². The predicted molar refractivity (Wildman–Crippen MR) is 79.1 cm³/mol. The third-order valence-corrected chi connectivity index (χ3v) is 4.02. The third kappa shape index (κ3) is 4.25. The molecule has 3 atom stereocenters. The van der Waals surface area contributed by atoms with Gasteiger partial charge in [0.25, 0.3) is 5.91 Å². The molecule has 1 aromatic carbocycles. The average molecular weight is 294 g/mol. The molecular weight excluding hydrogens is 271 g/mol. The van der Waals surface area contributed by atoms with Gasteiger partial charge in [-0.15, -0.1) is 0 Å². The Morgan fingerprint density at radius 3 is 2.76 bits per heavy atom. The first-order chi connectivity index (χ1) is 9.97. The van der Waals surface area contributed by atoms with Crippen LogP contribution in [0.25, 0.3) is 0 Å². The summed E-state index contributed by atoms with van der Waals surface area (Å²) in [7, 11) is 0. The molecule has 1 fully saturated rings. The monoisotopic (exact) mass is 294 g/mol. The topological polar surface area (TPSA) is 66.6 Å². The van der Waals surface area contributed by atoms with Crippen LogP contribution in [0.1, 0.15) is 25.3 Å². The fourth-order valence-electron chi connectivity index (χ4n) is 2.80. The van der Waals surface area contributed by atoms with Crippen molar-refractivity contribution in [3.8, 4) is 0 Å². The van der Waals surface area contributed by atoms with Crippen molar-refractivity contribution in [2.24, 2.45) is 11.7 Å². The smallest absolute Gasteiger partial charge is 0.253 e. The number of benzene rings is 1. The van der Waals surface area contributed by atoms with Crippen molar-refractivity contribution >= 4 is 5.91 Å². The standard InChI is InChI=1S/C16H23FN2O2/c1-11(18)15(20)16(21)19-8-2-3-13(10-19)9-12-4-6-14(17)7-5-12/h4-7,11,13,15,20H,2-3,8-10,18H2,1H3/t11-,13+,15-/m1/s1. The van der Waals surface area contributed by atoms with Crippen LogP contribution in [0.4, 0.5) is 4.39 Å². The summed E-state index contributed by atoms with van der Waals surface area (Å²) in [6.07, 6.45) is 1.64. The second-order valence-electron chi connectivity index (χ2n) is 5.93. The summed E-state index contributed by atoms with van der Waals surface area (Å²) >= 11 is 0. The number of nitrogens with two attached hydrogens (primary N) is 1. The lowest BCUT2D eigenvalue weighted by atomic mass is 9.91. The first kappa shape index (κ1) is 15.9. The van der Waals surface area contributed by atoms with Crippen molar-refractivity contribution in [2.45, 2.75) is 38.3 Å².